The summed E-state index contributed by atoms with van der Waals surface area (Å²) < 4.78 is 5.29. The number of hydrogen-bond donors (Lipinski definition) is 1. The molecular weight excluding hydrogens is 270 g/mol. The Balaban J connectivity index is 1.86. The van der Waals surface area contributed by atoms with Gasteiger partial charge in [0, 0.05) is 5.25 Å². The van der Waals surface area contributed by atoms with Gasteiger partial charge in [0.05, 0.1) is 6.61 Å². The Labute approximate surface area is 127 Å². The first-order valence-electron chi connectivity index (χ1n) is 8.18. The molecule has 116 valence electrons. The van der Waals surface area contributed by atoms with E-state index in [4.69, 9.17) is 4.74 Å². The highest BCUT2D eigenvalue weighted by molar-refractivity contribution is 7.99. The second kappa shape index (κ2) is 7.69. The molecule has 0 heterocycles. The summed E-state index contributed by atoms with van der Waals surface area (Å²) in [6.07, 6.45) is 9.88. The summed E-state index contributed by atoms with van der Waals surface area (Å²) in [6, 6.07) is 0. The van der Waals surface area contributed by atoms with Crippen LogP contribution in [0.4, 0.5) is 0 Å². The largest absolute Gasteiger partial charge is 0.465 e. The van der Waals surface area contributed by atoms with Crippen molar-refractivity contribution in [1.29, 1.82) is 0 Å². The third kappa shape index (κ3) is 3.91. The average molecular weight is 299 g/mol. The maximum Gasteiger partial charge on any atom is 0.326 e. The Hall–Kier alpha value is -0.220. The molecule has 2 aliphatic carbocycles. The molecule has 0 aromatic carbocycles. The fourth-order valence-electron chi connectivity index (χ4n) is 3.60. The molecule has 0 saturated heterocycles. The lowest BCUT2D eigenvalue weighted by molar-refractivity contribution is -0.152. The van der Waals surface area contributed by atoms with Crippen LogP contribution in [-0.2, 0) is 9.53 Å². The molecule has 0 amide bonds. The van der Waals surface area contributed by atoms with Crippen molar-refractivity contribution < 1.29 is 9.53 Å². The van der Waals surface area contributed by atoms with Crippen LogP contribution >= 0.6 is 11.8 Å². The Morgan fingerprint density at radius 3 is 2.70 bits per heavy atom. The van der Waals surface area contributed by atoms with Gasteiger partial charge in [0.1, 0.15) is 5.54 Å². The van der Waals surface area contributed by atoms with E-state index in [0.29, 0.717) is 11.9 Å². The van der Waals surface area contributed by atoms with Crippen molar-refractivity contribution in [3.05, 3.63) is 0 Å². The number of carbonyl (C=O) groups is 1. The summed E-state index contributed by atoms with van der Waals surface area (Å²) in [5.41, 5.74) is -0.429. The molecule has 2 unspecified atom stereocenters. The van der Waals surface area contributed by atoms with Gasteiger partial charge in [0.25, 0.3) is 0 Å². The highest BCUT2D eigenvalue weighted by Gasteiger charge is 2.43. The molecular formula is C16H29NO2S. The highest BCUT2D eigenvalue weighted by atomic mass is 32.2. The minimum Gasteiger partial charge on any atom is -0.465 e. The van der Waals surface area contributed by atoms with E-state index in [9.17, 15) is 4.79 Å². The van der Waals surface area contributed by atoms with Gasteiger partial charge in [0.15, 0.2) is 0 Å². The molecule has 0 aromatic heterocycles. The summed E-state index contributed by atoms with van der Waals surface area (Å²) in [7, 11) is 1.90. The number of rotatable bonds is 6. The topological polar surface area (TPSA) is 38.3 Å². The van der Waals surface area contributed by atoms with Gasteiger partial charge in [-0.1, -0.05) is 12.8 Å². The lowest BCUT2D eigenvalue weighted by Gasteiger charge is -2.38. The van der Waals surface area contributed by atoms with Crippen molar-refractivity contribution >= 4 is 17.7 Å². The predicted molar refractivity (Wildman–Crippen MR) is 85.1 cm³/mol. The van der Waals surface area contributed by atoms with Crippen LogP contribution in [0, 0.1) is 5.92 Å². The van der Waals surface area contributed by atoms with E-state index in [1.807, 2.05) is 14.0 Å². The number of esters is 1. The first-order valence-corrected chi connectivity index (χ1v) is 9.23. The Kier molecular flexibility index (Phi) is 6.21. The van der Waals surface area contributed by atoms with Crippen molar-refractivity contribution in [2.75, 3.05) is 19.4 Å². The first kappa shape index (κ1) is 16.2. The Morgan fingerprint density at radius 1 is 1.30 bits per heavy atom. The molecule has 0 aromatic rings. The van der Waals surface area contributed by atoms with E-state index < -0.39 is 5.54 Å². The van der Waals surface area contributed by atoms with Gasteiger partial charge >= 0.3 is 5.97 Å². The minimum absolute atomic E-state index is 0.0475. The molecule has 3 nitrogen and oxygen atoms in total. The van der Waals surface area contributed by atoms with Gasteiger partial charge in [-0.2, -0.15) is 11.8 Å². The second-order valence-corrected chi connectivity index (χ2v) is 7.59. The molecule has 1 N–H and O–H groups in total. The van der Waals surface area contributed by atoms with E-state index >= 15 is 0 Å². The number of hydrogen-bond acceptors (Lipinski definition) is 4. The van der Waals surface area contributed by atoms with Gasteiger partial charge in [-0.15, -0.1) is 0 Å². The second-order valence-electron chi connectivity index (χ2n) is 6.25. The molecule has 4 heteroatoms. The van der Waals surface area contributed by atoms with Crippen LogP contribution in [-0.4, -0.2) is 36.2 Å². The van der Waals surface area contributed by atoms with E-state index in [2.05, 4.69) is 17.1 Å². The van der Waals surface area contributed by atoms with Gasteiger partial charge in [0.2, 0.25) is 0 Å². The molecule has 0 bridgehead atoms. The standard InChI is InChI=1S/C16H29NO2S/c1-3-19-15(18)16(17-2)10-6-9-14(11-16)20-12-13-7-4-5-8-13/h13-14,17H,3-12H2,1-2H3. The summed E-state index contributed by atoms with van der Waals surface area (Å²) in [6.45, 7) is 2.36. The fourth-order valence-corrected chi connectivity index (χ4v) is 5.21. The van der Waals surface area contributed by atoms with Crippen molar-refractivity contribution in [3.8, 4) is 0 Å². The third-order valence-corrected chi connectivity index (χ3v) is 6.43. The van der Waals surface area contributed by atoms with E-state index in [1.54, 1.807) is 0 Å². The van der Waals surface area contributed by atoms with Gasteiger partial charge in [-0.25, -0.2) is 0 Å². The van der Waals surface area contributed by atoms with Gasteiger partial charge in [-0.05, 0) is 64.2 Å². The van der Waals surface area contributed by atoms with Gasteiger partial charge < -0.3 is 10.1 Å². The summed E-state index contributed by atoms with van der Waals surface area (Å²) in [5.74, 6) is 2.16. The molecule has 2 rings (SSSR count). The Bertz CT molecular complexity index is 318. The van der Waals surface area contributed by atoms with Crippen molar-refractivity contribution in [1.82, 2.24) is 5.32 Å². The molecule has 20 heavy (non-hydrogen) atoms. The van der Waals surface area contributed by atoms with Gasteiger partial charge in [-0.3, -0.25) is 4.79 Å². The molecule has 2 atom stereocenters. The number of thioether (sulfide) groups is 1. The predicted octanol–water partition coefficient (Wildman–Crippen LogP) is 3.37. The molecule has 0 radical (unpaired) electrons. The van der Waals surface area contributed by atoms with Crippen LogP contribution in [0.15, 0.2) is 0 Å². The number of nitrogens with one attached hydrogen (secondary N) is 1. The monoisotopic (exact) mass is 299 g/mol. The smallest absolute Gasteiger partial charge is 0.326 e. The van der Waals surface area contributed by atoms with Crippen molar-refractivity contribution in [2.45, 2.75) is 69.1 Å². The summed E-state index contributed by atoms with van der Waals surface area (Å²) >= 11 is 2.10. The highest BCUT2D eigenvalue weighted by Crippen LogP contribution is 2.38. The number of likely N-dealkylation sites (N-methyl/N-ethyl adjacent to an activating group) is 1. The first-order chi connectivity index (χ1) is 9.70. The fraction of sp³-hybridized carbons (Fsp3) is 0.938. The van der Waals surface area contributed by atoms with Crippen LogP contribution in [0.1, 0.15) is 58.3 Å². The molecule has 2 aliphatic rings. The number of carbonyl (C=O) groups excluding carboxylic acids is 1. The SMILES string of the molecule is CCOC(=O)C1(NC)CCCC(SCC2CCCC2)C1. The maximum atomic E-state index is 12.3. The molecule has 0 spiro atoms. The van der Waals surface area contributed by atoms with Crippen LogP contribution in [0.3, 0.4) is 0 Å². The van der Waals surface area contributed by atoms with E-state index in [1.165, 1.54) is 37.9 Å². The van der Waals surface area contributed by atoms with Crippen molar-refractivity contribution in [3.63, 3.8) is 0 Å². The van der Waals surface area contributed by atoms with E-state index in [-0.39, 0.29) is 5.97 Å². The third-order valence-electron chi connectivity index (χ3n) is 4.89. The normalized spacial score (nSPS) is 31.4. The summed E-state index contributed by atoms with van der Waals surface area (Å²) in [4.78, 5) is 12.3. The zero-order valence-corrected chi connectivity index (χ0v) is 13.8. The lowest BCUT2D eigenvalue weighted by atomic mass is 9.81. The lowest BCUT2D eigenvalue weighted by Crippen LogP contribution is -2.54. The Morgan fingerprint density at radius 2 is 2.05 bits per heavy atom. The molecule has 0 aliphatic heterocycles. The van der Waals surface area contributed by atoms with E-state index in [0.717, 1.165) is 25.2 Å². The molecule has 2 saturated carbocycles. The van der Waals surface area contributed by atoms with Crippen molar-refractivity contribution in [2.24, 2.45) is 5.92 Å². The quantitative estimate of drug-likeness (QED) is 0.763. The van der Waals surface area contributed by atoms with Crippen LogP contribution in [0.2, 0.25) is 0 Å². The van der Waals surface area contributed by atoms with Crippen LogP contribution < -0.4 is 5.32 Å². The molecule has 2 fully saturated rings. The van der Waals surface area contributed by atoms with Crippen LogP contribution in [0.25, 0.3) is 0 Å². The summed E-state index contributed by atoms with van der Waals surface area (Å²) in [5, 5.41) is 3.88. The minimum atomic E-state index is -0.429. The zero-order chi connectivity index (χ0) is 14.4. The number of ether oxygens (including phenoxy) is 1. The average Bonchev–Trinajstić information content (AvgIpc) is 2.99. The maximum absolute atomic E-state index is 12.3. The zero-order valence-electron chi connectivity index (χ0n) is 13.0. The van der Waals surface area contributed by atoms with Crippen LogP contribution in [0.5, 0.6) is 0 Å².